The smallest absolute Gasteiger partial charge is 0.222 e. The fourth-order valence-corrected chi connectivity index (χ4v) is 3.80. The monoisotopic (exact) mass is 357 g/mol. The summed E-state index contributed by atoms with van der Waals surface area (Å²) in [7, 11) is 1.88. The molecule has 3 nitrogen and oxygen atoms in total. The average molecular weight is 358 g/mol. The number of carbonyl (C=O) groups is 2. The fourth-order valence-electron chi connectivity index (χ4n) is 2.74. The Kier molecular flexibility index (Phi) is 7.86. The van der Waals surface area contributed by atoms with Crippen LogP contribution in [0.5, 0.6) is 0 Å². The number of amides is 1. The van der Waals surface area contributed by atoms with Gasteiger partial charge in [0.25, 0.3) is 0 Å². The number of carbonyl (C=O) groups excluding carboxylic acids is 2. The lowest BCUT2D eigenvalue weighted by molar-refractivity contribution is -0.130. The number of aldehydes is 1. The molecular weight excluding hydrogens is 330 g/mol. The summed E-state index contributed by atoms with van der Waals surface area (Å²) in [4.78, 5) is 27.1. The lowest BCUT2D eigenvalue weighted by Crippen LogP contribution is -2.25. The van der Waals surface area contributed by atoms with Gasteiger partial charge in [0.05, 0.1) is 6.54 Å². The fraction of sp³-hybridized carbons (Fsp3) is 0.429. The molecule has 0 spiro atoms. The largest absolute Gasteiger partial charge is 0.341 e. The molecule has 0 fully saturated rings. The molecule has 0 aliphatic carbocycles. The van der Waals surface area contributed by atoms with Crippen LogP contribution >= 0.6 is 11.3 Å². The van der Waals surface area contributed by atoms with Gasteiger partial charge in [-0.3, -0.25) is 9.59 Å². The summed E-state index contributed by atoms with van der Waals surface area (Å²) in [6, 6.07) is 11.7. The van der Waals surface area contributed by atoms with Crippen molar-refractivity contribution < 1.29 is 9.59 Å². The van der Waals surface area contributed by atoms with Crippen LogP contribution in [0.1, 0.15) is 60.7 Å². The molecule has 1 heterocycles. The quantitative estimate of drug-likeness (QED) is 0.413. The zero-order chi connectivity index (χ0) is 18.1. The van der Waals surface area contributed by atoms with Crippen LogP contribution in [0.15, 0.2) is 36.4 Å². The molecule has 0 saturated heterocycles. The molecule has 2 aromatic rings. The van der Waals surface area contributed by atoms with Gasteiger partial charge in [-0.25, -0.2) is 0 Å². The van der Waals surface area contributed by atoms with Gasteiger partial charge in [-0.2, -0.15) is 0 Å². The predicted molar refractivity (Wildman–Crippen MR) is 105 cm³/mol. The van der Waals surface area contributed by atoms with Gasteiger partial charge in [0.15, 0.2) is 0 Å². The molecule has 0 atom stereocenters. The van der Waals surface area contributed by atoms with Crippen molar-refractivity contribution >= 4 is 23.5 Å². The van der Waals surface area contributed by atoms with E-state index in [1.54, 1.807) is 11.3 Å². The summed E-state index contributed by atoms with van der Waals surface area (Å²) in [6.45, 7) is 2.86. The Morgan fingerprint density at radius 3 is 2.44 bits per heavy atom. The molecule has 1 aromatic heterocycles. The molecule has 1 amide bonds. The molecule has 0 bridgehead atoms. The van der Waals surface area contributed by atoms with Crippen LogP contribution in [0, 0.1) is 0 Å². The molecule has 0 aliphatic heterocycles. The van der Waals surface area contributed by atoms with E-state index >= 15 is 0 Å². The molecule has 4 heteroatoms. The highest BCUT2D eigenvalue weighted by molar-refractivity contribution is 7.15. The summed E-state index contributed by atoms with van der Waals surface area (Å²) < 4.78 is 0. The number of hydrogen-bond acceptors (Lipinski definition) is 3. The van der Waals surface area contributed by atoms with Gasteiger partial charge in [0, 0.05) is 28.8 Å². The lowest BCUT2D eigenvalue weighted by atomic mass is 10.1. The van der Waals surface area contributed by atoms with Gasteiger partial charge in [-0.05, 0) is 24.1 Å². The van der Waals surface area contributed by atoms with Crippen molar-refractivity contribution in [1.29, 1.82) is 0 Å². The van der Waals surface area contributed by atoms with Crippen molar-refractivity contribution in [3.8, 4) is 10.4 Å². The van der Waals surface area contributed by atoms with Gasteiger partial charge in [0.1, 0.15) is 6.29 Å². The van der Waals surface area contributed by atoms with Crippen molar-refractivity contribution in [2.24, 2.45) is 0 Å². The normalized spacial score (nSPS) is 10.6. The van der Waals surface area contributed by atoms with Crippen LogP contribution < -0.4 is 0 Å². The van der Waals surface area contributed by atoms with Gasteiger partial charge in [-0.15, -0.1) is 11.3 Å². The van der Waals surface area contributed by atoms with E-state index in [2.05, 4.69) is 19.1 Å². The first kappa shape index (κ1) is 19.4. The highest BCUT2D eigenvalue weighted by atomic mass is 32.1. The maximum absolute atomic E-state index is 12.2. The van der Waals surface area contributed by atoms with Crippen LogP contribution in [-0.2, 0) is 11.3 Å². The third-order valence-electron chi connectivity index (χ3n) is 4.31. The topological polar surface area (TPSA) is 37.4 Å². The maximum atomic E-state index is 12.2. The molecule has 1 aromatic carbocycles. The van der Waals surface area contributed by atoms with Crippen molar-refractivity contribution in [3.63, 3.8) is 0 Å². The number of unbranched alkanes of at least 4 members (excludes halogenated alkanes) is 4. The van der Waals surface area contributed by atoms with E-state index < -0.39 is 0 Å². The Hall–Kier alpha value is -1.94. The van der Waals surface area contributed by atoms with Crippen LogP contribution in [0.25, 0.3) is 10.4 Å². The van der Waals surface area contributed by atoms with Crippen molar-refractivity contribution in [2.45, 2.75) is 52.0 Å². The average Bonchev–Trinajstić information content (AvgIpc) is 3.09. The van der Waals surface area contributed by atoms with Crippen molar-refractivity contribution in [3.05, 3.63) is 46.8 Å². The molecule has 0 N–H and O–H groups in total. The van der Waals surface area contributed by atoms with Gasteiger partial charge < -0.3 is 4.90 Å². The lowest BCUT2D eigenvalue weighted by Gasteiger charge is -2.16. The first-order valence-corrected chi connectivity index (χ1v) is 9.84. The van der Waals surface area contributed by atoms with Crippen molar-refractivity contribution in [1.82, 2.24) is 4.90 Å². The summed E-state index contributed by atoms with van der Waals surface area (Å²) in [5.41, 5.74) is 1.79. The summed E-state index contributed by atoms with van der Waals surface area (Å²) >= 11 is 1.70. The van der Waals surface area contributed by atoms with E-state index in [1.807, 2.05) is 36.2 Å². The molecule has 0 aliphatic rings. The number of thiophene rings is 1. The van der Waals surface area contributed by atoms with E-state index in [9.17, 15) is 9.59 Å². The molecule has 0 saturated carbocycles. The standard InChI is InChI=1S/C21H27NO2S/c1-3-4-5-6-7-8-21(24)22(2)15-19-13-14-20(25-19)18-11-9-17(16-23)10-12-18/h9-14,16H,3-8,15H2,1-2H3. The number of nitrogens with zero attached hydrogens (tertiary/aromatic N) is 1. The second-order valence-corrected chi connectivity index (χ2v) is 7.59. The Labute approximate surface area is 154 Å². The number of benzene rings is 1. The van der Waals surface area contributed by atoms with Crippen LogP contribution in [0.3, 0.4) is 0 Å². The highest BCUT2D eigenvalue weighted by Crippen LogP contribution is 2.29. The Morgan fingerprint density at radius 2 is 1.76 bits per heavy atom. The molecule has 2 rings (SSSR count). The molecular formula is C21H27NO2S. The second-order valence-electron chi connectivity index (χ2n) is 6.42. The number of rotatable bonds is 10. The van der Waals surface area contributed by atoms with Crippen molar-refractivity contribution in [2.75, 3.05) is 7.05 Å². The van der Waals surface area contributed by atoms with E-state index in [4.69, 9.17) is 0 Å². The SMILES string of the molecule is CCCCCCCC(=O)N(C)Cc1ccc(-c2ccc(C=O)cc2)s1. The minimum Gasteiger partial charge on any atom is -0.341 e. The van der Waals surface area contributed by atoms with Gasteiger partial charge in [-0.1, -0.05) is 56.9 Å². The van der Waals surface area contributed by atoms with Crippen LogP contribution in [-0.4, -0.2) is 24.1 Å². The highest BCUT2D eigenvalue weighted by Gasteiger charge is 2.11. The Bertz CT molecular complexity index is 675. The second kappa shape index (κ2) is 10.1. The molecule has 25 heavy (non-hydrogen) atoms. The maximum Gasteiger partial charge on any atom is 0.222 e. The first-order valence-electron chi connectivity index (χ1n) is 9.02. The predicted octanol–water partition coefficient (Wildman–Crippen LogP) is 5.55. The van der Waals surface area contributed by atoms with Gasteiger partial charge >= 0.3 is 0 Å². The van der Waals surface area contributed by atoms with E-state index in [0.717, 1.165) is 29.6 Å². The third-order valence-corrected chi connectivity index (χ3v) is 5.42. The van der Waals surface area contributed by atoms with Crippen LogP contribution in [0.4, 0.5) is 0 Å². The van der Waals surface area contributed by atoms with E-state index in [1.165, 1.54) is 24.1 Å². The zero-order valence-electron chi connectivity index (χ0n) is 15.2. The zero-order valence-corrected chi connectivity index (χ0v) is 16.0. The van der Waals surface area contributed by atoms with E-state index in [0.29, 0.717) is 18.5 Å². The molecule has 0 unspecified atom stereocenters. The van der Waals surface area contributed by atoms with E-state index in [-0.39, 0.29) is 5.91 Å². The molecule has 134 valence electrons. The Balaban J connectivity index is 1.84. The summed E-state index contributed by atoms with van der Waals surface area (Å²) in [5, 5.41) is 0. The Morgan fingerprint density at radius 1 is 1.04 bits per heavy atom. The summed E-state index contributed by atoms with van der Waals surface area (Å²) in [6.07, 6.45) is 7.35. The third kappa shape index (κ3) is 6.13. The minimum absolute atomic E-state index is 0.224. The molecule has 0 radical (unpaired) electrons. The van der Waals surface area contributed by atoms with Gasteiger partial charge in [0.2, 0.25) is 5.91 Å². The number of hydrogen-bond donors (Lipinski definition) is 0. The minimum atomic E-state index is 0.224. The summed E-state index contributed by atoms with van der Waals surface area (Å²) in [5.74, 6) is 0.224. The first-order chi connectivity index (χ1) is 12.1. The van der Waals surface area contributed by atoms with Crippen LogP contribution in [0.2, 0.25) is 0 Å².